The van der Waals surface area contributed by atoms with Crippen LogP contribution in [0.1, 0.15) is 52.9 Å². The van der Waals surface area contributed by atoms with E-state index in [4.69, 9.17) is 4.74 Å². The van der Waals surface area contributed by atoms with Gasteiger partial charge in [-0.3, -0.25) is 0 Å². The quantitative estimate of drug-likeness (QED) is 0.561. The second kappa shape index (κ2) is 10.6. The van der Waals surface area contributed by atoms with E-state index in [1.165, 1.54) is 0 Å². The van der Waals surface area contributed by atoms with E-state index in [1.807, 2.05) is 6.92 Å². The predicted molar refractivity (Wildman–Crippen MR) is 81.3 cm³/mol. The normalized spacial score (nSPS) is 15.4. The average Bonchev–Trinajstić information content (AvgIpc) is 2.36. The highest BCUT2D eigenvalue weighted by atomic mass is 32.2. The highest BCUT2D eigenvalue weighted by molar-refractivity contribution is 7.92. The number of nitrogens with one attached hydrogen (secondary N) is 1. The highest BCUT2D eigenvalue weighted by Crippen LogP contribution is 2.17. The molecule has 19 heavy (non-hydrogen) atoms. The van der Waals surface area contributed by atoms with Crippen LogP contribution in [0.15, 0.2) is 0 Å². The zero-order valence-corrected chi connectivity index (χ0v) is 13.8. The summed E-state index contributed by atoms with van der Waals surface area (Å²) < 4.78 is 29.8. The zero-order chi connectivity index (χ0) is 14.7. The molecule has 0 heterocycles. The summed E-state index contributed by atoms with van der Waals surface area (Å²) in [5, 5.41) is 3.14. The maximum Gasteiger partial charge on any atom is 0.154 e. The summed E-state index contributed by atoms with van der Waals surface area (Å²) in [6.45, 7) is 7.56. The summed E-state index contributed by atoms with van der Waals surface area (Å²) in [7, 11) is -1.44. The molecule has 0 rings (SSSR count). The molecule has 0 spiro atoms. The molecule has 0 aliphatic rings. The maximum atomic E-state index is 12.4. The summed E-state index contributed by atoms with van der Waals surface area (Å²) in [6.07, 6.45) is 4.21. The Labute approximate surface area is 119 Å². The first-order valence-corrected chi connectivity index (χ1v) is 9.18. The van der Waals surface area contributed by atoms with Crippen LogP contribution in [-0.4, -0.2) is 45.7 Å². The van der Waals surface area contributed by atoms with Gasteiger partial charge in [0.15, 0.2) is 9.84 Å². The SMILES string of the molecule is CCCNC(CCC)C(CC)S(=O)(=O)CCCOC. The fourth-order valence-corrected chi connectivity index (χ4v) is 4.47. The Morgan fingerprint density at radius 3 is 2.32 bits per heavy atom. The van der Waals surface area contributed by atoms with Gasteiger partial charge in [-0.2, -0.15) is 0 Å². The molecular weight excluding hydrogens is 262 g/mol. The van der Waals surface area contributed by atoms with Gasteiger partial charge in [0, 0.05) is 19.8 Å². The molecule has 0 saturated heterocycles. The van der Waals surface area contributed by atoms with E-state index in [0.717, 1.165) is 25.8 Å². The van der Waals surface area contributed by atoms with E-state index < -0.39 is 9.84 Å². The average molecular weight is 293 g/mol. The second-order valence-electron chi connectivity index (χ2n) is 5.01. The molecule has 5 heteroatoms. The van der Waals surface area contributed by atoms with Crippen molar-refractivity contribution in [1.82, 2.24) is 5.32 Å². The molecule has 0 radical (unpaired) electrons. The highest BCUT2D eigenvalue weighted by Gasteiger charge is 2.30. The summed E-state index contributed by atoms with van der Waals surface area (Å²) in [5.41, 5.74) is 0. The molecule has 116 valence electrons. The molecule has 2 unspecified atom stereocenters. The van der Waals surface area contributed by atoms with Gasteiger partial charge in [0.2, 0.25) is 0 Å². The Morgan fingerprint density at radius 2 is 1.84 bits per heavy atom. The topological polar surface area (TPSA) is 55.4 Å². The first kappa shape index (κ1) is 18.9. The fourth-order valence-electron chi connectivity index (χ4n) is 2.40. The molecule has 0 amide bonds. The van der Waals surface area contributed by atoms with Crippen LogP contribution in [0.3, 0.4) is 0 Å². The Bertz CT molecular complexity index is 304. The summed E-state index contributed by atoms with van der Waals surface area (Å²) >= 11 is 0. The van der Waals surface area contributed by atoms with E-state index in [-0.39, 0.29) is 17.0 Å². The number of methoxy groups -OCH3 is 1. The van der Waals surface area contributed by atoms with Crippen molar-refractivity contribution in [3.8, 4) is 0 Å². The molecule has 0 aliphatic carbocycles. The van der Waals surface area contributed by atoms with Gasteiger partial charge in [-0.1, -0.05) is 27.2 Å². The Balaban J connectivity index is 4.70. The first-order valence-electron chi connectivity index (χ1n) is 7.47. The number of hydrogen-bond acceptors (Lipinski definition) is 4. The molecule has 0 fully saturated rings. The number of hydrogen-bond donors (Lipinski definition) is 1. The molecule has 4 nitrogen and oxygen atoms in total. The van der Waals surface area contributed by atoms with Gasteiger partial charge >= 0.3 is 0 Å². The third-order valence-corrected chi connectivity index (χ3v) is 5.79. The van der Waals surface area contributed by atoms with Crippen LogP contribution >= 0.6 is 0 Å². The fraction of sp³-hybridized carbons (Fsp3) is 1.00. The number of rotatable bonds is 12. The van der Waals surface area contributed by atoms with E-state index in [1.54, 1.807) is 7.11 Å². The van der Waals surface area contributed by atoms with Crippen molar-refractivity contribution in [2.24, 2.45) is 0 Å². The predicted octanol–water partition coefficient (Wildman–Crippen LogP) is 2.38. The van der Waals surface area contributed by atoms with Crippen LogP contribution in [0.2, 0.25) is 0 Å². The molecule has 0 aromatic rings. The molecule has 0 aliphatic heterocycles. The Hall–Kier alpha value is -0.130. The molecule has 0 saturated carbocycles. The van der Waals surface area contributed by atoms with E-state index >= 15 is 0 Å². The van der Waals surface area contributed by atoms with Gasteiger partial charge in [-0.15, -0.1) is 0 Å². The van der Waals surface area contributed by atoms with Crippen LogP contribution in [0.5, 0.6) is 0 Å². The minimum absolute atomic E-state index is 0.0856. The van der Waals surface area contributed by atoms with Crippen LogP contribution in [-0.2, 0) is 14.6 Å². The summed E-state index contributed by atoms with van der Waals surface area (Å²) in [4.78, 5) is 0. The number of sulfone groups is 1. The van der Waals surface area contributed by atoms with Crippen molar-refractivity contribution >= 4 is 9.84 Å². The van der Waals surface area contributed by atoms with Crippen molar-refractivity contribution in [2.45, 2.75) is 64.2 Å². The Kier molecular flexibility index (Phi) is 10.6. The lowest BCUT2D eigenvalue weighted by molar-refractivity contribution is 0.199. The molecular formula is C14H31NO3S. The van der Waals surface area contributed by atoms with Crippen molar-refractivity contribution in [1.29, 1.82) is 0 Å². The van der Waals surface area contributed by atoms with Crippen LogP contribution in [0.4, 0.5) is 0 Å². The smallest absolute Gasteiger partial charge is 0.154 e. The molecule has 0 bridgehead atoms. The second-order valence-corrected chi connectivity index (χ2v) is 7.35. The monoisotopic (exact) mass is 293 g/mol. The molecule has 0 aromatic carbocycles. The minimum Gasteiger partial charge on any atom is -0.385 e. The zero-order valence-electron chi connectivity index (χ0n) is 12.9. The van der Waals surface area contributed by atoms with Gasteiger partial charge in [0.25, 0.3) is 0 Å². The van der Waals surface area contributed by atoms with E-state index in [9.17, 15) is 8.42 Å². The largest absolute Gasteiger partial charge is 0.385 e. The maximum absolute atomic E-state index is 12.4. The van der Waals surface area contributed by atoms with E-state index in [0.29, 0.717) is 19.4 Å². The van der Waals surface area contributed by atoms with Gasteiger partial charge in [0.1, 0.15) is 0 Å². The summed E-state index contributed by atoms with van der Waals surface area (Å²) in [5.74, 6) is 0.230. The third kappa shape index (κ3) is 7.28. The van der Waals surface area contributed by atoms with Crippen LogP contribution in [0.25, 0.3) is 0 Å². The van der Waals surface area contributed by atoms with Gasteiger partial charge < -0.3 is 10.1 Å². The Morgan fingerprint density at radius 1 is 1.16 bits per heavy atom. The first-order chi connectivity index (χ1) is 9.03. The lowest BCUT2D eigenvalue weighted by atomic mass is 10.1. The number of ether oxygens (including phenoxy) is 1. The third-order valence-electron chi connectivity index (χ3n) is 3.35. The van der Waals surface area contributed by atoms with E-state index in [2.05, 4.69) is 19.2 Å². The minimum atomic E-state index is -3.04. The van der Waals surface area contributed by atoms with Crippen LogP contribution in [0, 0.1) is 0 Å². The van der Waals surface area contributed by atoms with Crippen molar-refractivity contribution in [2.75, 3.05) is 26.0 Å². The van der Waals surface area contributed by atoms with Crippen molar-refractivity contribution in [3.63, 3.8) is 0 Å². The standard InChI is InChI=1S/C14H31NO3S/c1-5-9-13(15-10-6-2)14(7-3)19(16,17)12-8-11-18-4/h13-15H,5-12H2,1-4H3. The van der Waals surface area contributed by atoms with Gasteiger partial charge in [-0.05, 0) is 32.2 Å². The molecule has 0 aromatic heterocycles. The lowest BCUT2D eigenvalue weighted by Gasteiger charge is -2.27. The molecule has 1 N–H and O–H groups in total. The van der Waals surface area contributed by atoms with Crippen molar-refractivity contribution in [3.05, 3.63) is 0 Å². The van der Waals surface area contributed by atoms with Gasteiger partial charge in [-0.25, -0.2) is 8.42 Å². The van der Waals surface area contributed by atoms with Crippen LogP contribution < -0.4 is 5.32 Å². The van der Waals surface area contributed by atoms with Gasteiger partial charge in [0.05, 0.1) is 11.0 Å². The summed E-state index contributed by atoms with van der Waals surface area (Å²) in [6, 6.07) is 0.0856. The molecule has 2 atom stereocenters. The lowest BCUT2D eigenvalue weighted by Crippen LogP contribution is -2.45. The van der Waals surface area contributed by atoms with Crippen molar-refractivity contribution < 1.29 is 13.2 Å².